The molecule has 106 valence electrons. The van der Waals surface area contributed by atoms with Crippen LogP contribution in [-0.2, 0) is 10.5 Å². The van der Waals surface area contributed by atoms with Crippen LogP contribution in [0.15, 0.2) is 58.2 Å². The molecule has 21 heavy (non-hydrogen) atoms. The van der Waals surface area contributed by atoms with E-state index in [0.717, 1.165) is 16.7 Å². The lowest BCUT2D eigenvalue weighted by atomic mass is 10.1. The molecule has 1 heterocycles. The van der Waals surface area contributed by atoms with Crippen LogP contribution in [0.3, 0.4) is 0 Å². The molecule has 0 saturated heterocycles. The number of ether oxygens (including phenoxy) is 1. The summed E-state index contributed by atoms with van der Waals surface area (Å²) >= 11 is 1.50. The number of aromatic nitrogens is 1. The number of nitrogens with zero attached hydrogens (tertiary/aromatic N) is 1. The average molecular weight is 299 g/mol. The molecule has 0 amide bonds. The second kappa shape index (κ2) is 6.01. The lowest BCUT2D eigenvalue weighted by molar-refractivity contribution is 0.0600. The Kier molecular flexibility index (Phi) is 3.92. The maximum absolute atomic E-state index is 11.5. The lowest BCUT2D eigenvalue weighted by Gasteiger charge is -2.02. The van der Waals surface area contributed by atoms with Gasteiger partial charge in [-0.2, -0.15) is 0 Å². The zero-order chi connectivity index (χ0) is 14.7. The first-order chi connectivity index (χ1) is 10.3. The van der Waals surface area contributed by atoms with Crippen molar-refractivity contribution >= 4 is 28.8 Å². The van der Waals surface area contributed by atoms with Crippen molar-refractivity contribution in [1.82, 2.24) is 4.98 Å². The molecular weight excluding hydrogens is 286 g/mol. The van der Waals surface area contributed by atoms with E-state index in [-0.39, 0.29) is 5.97 Å². The van der Waals surface area contributed by atoms with Crippen LogP contribution in [0.1, 0.15) is 15.9 Å². The number of oxazole rings is 1. The highest BCUT2D eigenvalue weighted by Crippen LogP contribution is 2.26. The van der Waals surface area contributed by atoms with Crippen LogP contribution in [-0.4, -0.2) is 18.1 Å². The SMILES string of the molecule is COC(=O)c1cccc(CSc2nc3ccccc3o2)c1. The third kappa shape index (κ3) is 3.08. The number of hydrogen-bond donors (Lipinski definition) is 0. The first-order valence-electron chi connectivity index (χ1n) is 6.42. The van der Waals surface area contributed by atoms with Gasteiger partial charge < -0.3 is 9.15 Å². The molecule has 4 nitrogen and oxygen atoms in total. The normalized spacial score (nSPS) is 10.7. The molecule has 0 atom stereocenters. The van der Waals surface area contributed by atoms with Crippen molar-refractivity contribution in [2.75, 3.05) is 7.11 Å². The van der Waals surface area contributed by atoms with Crippen molar-refractivity contribution in [1.29, 1.82) is 0 Å². The van der Waals surface area contributed by atoms with Gasteiger partial charge in [-0.3, -0.25) is 0 Å². The largest absolute Gasteiger partial charge is 0.465 e. The van der Waals surface area contributed by atoms with Crippen molar-refractivity contribution in [3.8, 4) is 0 Å². The van der Waals surface area contributed by atoms with Gasteiger partial charge in [0.15, 0.2) is 5.58 Å². The molecule has 0 radical (unpaired) electrons. The summed E-state index contributed by atoms with van der Waals surface area (Å²) < 4.78 is 10.4. The van der Waals surface area contributed by atoms with Gasteiger partial charge in [0.1, 0.15) is 5.52 Å². The van der Waals surface area contributed by atoms with Gasteiger partial charge in [0.2, 0.25) is 0 Å². The number of para-hydroxylation sites is 2. The molecule has 0 unspecified atom stereocenters. The Balaban J connectivity index is 1.73. The van der Waals surface area contributed by atoms with Crippen LogP contribution in [0.2, 0.25) is 0 Å². The predicted molar refractivity (Wildman–Crippen MR) is 81.4 cm³/mol. The number of fused-ring (bicyclic) bond motifs is 1. The molecule has 1 aromatic heterocycles. The van der Waals surface area contributed by atoms with Gasteiger partial charge in [0.25, 0.3) is 5.22 Å². The van der Waals surface area contributed by atoms with E-state index in [4.69, 9.17) is 9.15 Å². The van der Waals surface area contributed by atoms with E-state index in [1.807, 2.05) is 42.5 Å². The summed E-state index contributed by atoms with van der Waals surface area (Å²) in [5.41, 5.74) is 3.20. The van der Waals surface area contributed by atoms with Gasteiger partial charge in [0.05, 0.1) is 12.7 Å². The number of methoxy groups -OCH3 is 1. The van der Waals surface area contributed by atoms with Crippen LogP contribution < -0.4 is 0 Å². The summed E-state index contributed by atoms with van der Waals surface area (Å²) in [4.78, 5) is 15.9. The number of hydrogen-bond acceptors (Lipinski definition) is 5. The number of benzene rings is 2. The molecule has 5 heteroatoms. The summed E-state index contributed by atoms with van der Waals surface area (Å²) in [6.07, 6.45) is 0. The van der Waals surface area contributed by atoms with E-state index in [0.29, 0.717) is 16.5 Å². The topological polar surface area (TPSA) is 52.3 Å². The number of thioether (sulfide) groups is 1. The zero-order valence-electron chi connectivity index (χ0n) is 11.4. The van der Waals surface area contributed by atoms with Gasteiger partial charge in [-0.15, -0.1) is 0 Å². The highest BCUT2D eigenvalue weighted by Gasteiger charge is 2.08. The van der Waals surface area contributed by atoms with Gasteiger partial charge in [0, 0.05) is 5.75 Å². The van der Waals surface area contributed by atoms with E-state index in [9.17, 15) is 4.79 Å². The highest BCUT2D eigenvalue weighted by atomic mass is 32.2. The van der Waals surface area contributed by atoms with E-state index in [2.05, 4.69) is 4.98 Å². The van der Waals surface area contributed by atoms with Crippen molar-refractivity contribution in [2.45, 2.75) is 11.0 Å². The molecule has 0 bridgehead atoms. The molecule has 0 aliphatic heterocycles. The van der Waals surface area contributed by atoms with Crippen LogP contribution in [0.5, 0.6) is 0 Å². The minimum Gasteiger partial charge on any atom is -0.465 e. The molecule has 0 spiro atoms. The number of carbonyl (C=O) groups is 1. The molecule has 0 fully saturated rings. The smallest absolute Gasteiger partial charge is 0.337 e. The van der Waals surface area contributed by atoms with Gasteiger partial charge in [-0.05, 0) is 29.8 Å². The Bertz CT molecular complexity index is 749. The second-order valence-corrected chi connectivity index (χ2v) is 5.35. The molecule has 3 rings (SSSR count). The van der Waals surface area contributed by atoms with Crippen LogP contribution in [0.4, 0.5) is 0 Å². The second-order valence-electron chi connectivity index (χ2n) is 4.43. The first kappa shape index (κ1) is 13.7. The average Bonchev–Trinajstić information content (AvgIpc) is 2.95. The fourth-order valence-electron chi connectivity index (χ4n) is 1.96. The minimum absolute atomic E-state index is 0.330. The van der Waals surface area contributed by atoms with Crippen molar-refractivity contribution in [3.63, 3.8) is 0 Å². The molecule has 0 aliphatic rings. The van der Waals surface area contributed by atoms with E-state index >= 15 is 0 Å². The van der Waals surface area contributed by atoms with Crippen LogP contribution in [0, 0.1) is 0 Å². The minimum atomic E-state index is -0.330. The Morgan fingerprint density at radius 3 is 2.90 bits per heavy atom. The Morgan fingerprint density at radius 1 is 1.24 bits per heavy atom. The molecule has 3 aromatic rings. The molecule has 0 saturated carbocycles. The van der Waals surface area contributed by atoms with E-state index in [1.54, 1.807) is 6.07 Å². The standard InChI is InChI=1S/C16H13NO3S/c1-19-15(18)12-6-4-5-11(9-12)10-21-16-17-13-7-2-3-8-14(13)20-16/h2-9H,10H2,1H3. The molecule has 0 aliphatic carbocycles. The number of esters is 1. The van der Waals surface area contributed by atoms with Crippen LogP contribution in [0.25, 0.3) is 11.1 Å². The first-order valence-corrected chi connectivity index (χ1v) is 7.40. The molecule has 2 aromatic carbocycles. The summed E-state index contributed by atoms with van der Waals surface area (Å²) in [5, 5.41) is 0.625. The summed E-state index contributed by atoms with van der Waals surface area (Å²) in [7, 11) is 1.38. The fraction of sp³-hybridized carbons (Fsp3) is 0.125. The Labute approximate surface area is 126 Å². The van der Waals surface area contributed by atoms with Crippen molar-refractivity contribution in [3.05, 3.63) is 59.7 Å². The van der Waals surface area contributed by atoms with Crippen molar-refractivity contribution in [2.24, 2.45) is 0 Å². The van der Waals surface area contributed by atoms with E-state index < -0.39 is 0 Å². The van der Waals surface area contributed by atoms with Crippen molar-refractivity contribution < 1.29 is 13.9 Å². The maximum Gasteiger partial charge on any atom is 0.337 e. The van der Waals surface area contributed by atoms with Gasteiger partial charge in [-0.25, -0.2) is 9.78 Å². The monoisotopic (exact) mass is 299 g/mol. The Morgan fingerprint density at radius 2 is 2.10 bits per heavy atom. The van der Waals surface area contributed by atoms with Gasteiger partial charge in [-0.1, -0.05) is 36.0 Å². The predicted octanol–water partition coefficient (Wildman–Crippen LogP) is 3.91. The third-order valence-electron chi connectivity index (χ3n) is 2.98. The number of rotatable bonds is 4. The molecule has 0 N–H and O–H groups in total. The zero-order valence-corrected chi connectivity index (χ0v) is 12.2. The van der Waals surface area contributed by atoms with Crippen LogP contribution >= 0.6 is 11.8 Å². The van der Waals surface area contributed by atoms with E-state index in [1.165, 1.54) is 18.9 Å². The Hall–Kier alpha value is -2.27. The van der Waals surface area contributed by atoms with Gasteiger partial charge >= 0.3 is 5.97 Å². The summed E-state index contributed by atoms with van der Waals surface area (Å²) in [5.74, 6) is 0.348. The number of carbonyl (C=O) groups excluding carboxylic acids is 1. The summed E-state index contributed by atoms with van der Waals surface area (Å²) in [6.45, 7) is 0. The highest BCUT2D eigenvalue weighted by molar-refractivity contribution is 7.98. The lowest BCUT2D eigenvalue weighted by Crippen LogP contribution is -2.01. The fourth-order valence-corrected chi connectivity index (χ4v) is 2.75. The molecular formula is C16H13NO3S. The maximum atomic E-state index is 11.5. The summed E-state index contributed by atoms with van der Waals surface area (Å²) in [6, 6.07) is 15.0. The quantitative estimate of drug-likeness (QED) is 0.540. The third-order valence-corrected chi connectivity index (χ3v) is 3.88.